The van der Waals surface area contributed by atoms with E-state index in [4.69, 9.17) is 11.6 Å². The van der Waals surface area contributed by atoms with Crippen LogP contribution in [-0.4, -0.2) is 32.4 Å². The van der Waals surface area contributed by atoms with E-state index in [2.05, 4.69) is 5.32 Å². The quantitative estimate of drug-likeness (QED) is 0.846. The summed E-state index contributed by atoms with van der Waals surface area (Å²) in [5, 5.41) is 3.21. The first-order valence-electron chi connectivity index (χ1n) is 7.32. The molecular weight excluding hydrogens is 393 g/mol. The van der Waals surface area contributed by atoms with Crippen molar-refractivity contribution in [3.05, 3.63) is 64.7 Å². The molecular formula is C16H16Cl2F2N2O2S. The molecule has 25 heavy (non-hydrogen) atoms. The number of benzene rings is 2. The van der Waals surface area contributed by atoms with Gasteiger partial charge in [0, 0.05) is 24.7 Å². The molecule has 1 aliphatic heterocycles. The van der Waals surface area contributed by atoms with Gasteiger partial charge in [-0.05, 0) is 35.9 Å². The van der Waals surface area contributed by atoms with Crippen LogP contribution in [0.4, 0.5) is 8.78 Å². The Balaban J connectivity index is 0.00000225. The summed E-state index contributed by atoms with van der Waals surface area (Å²) < 4.78 is 54.7. The van der Waals surface area contributed by atoms with Crippen LogP contribution in [0.15, 0.2) is 47.4 Å². The third-order valence-corrected chi connectivity index (χ3v) is 6.08. The fourth-order valence-electron chi connectivity index (χ4n) is 2.78. The maximum atomic E-state index is 14.1. The number of halogens is 4. The lowest BCUT2D eigenvalue weighted by molar-refractivity contribution is 0.270. The van der Waals surface area contributed by atoms with Crippen LogP contribution in [-0.2, 0) is 10.0 Å². The Bertz CT molecular complexity index is 865. The van der Waals surface area contributed by atoms with E-state index in [1.165, 1.54) is 28.6 Å². The van der Waals surface area contributed by atoms with E-state index in [1.54, 1.807) is 6.07 Å². The molecule has 2 aromatic carbocycles. The van der Waals surface area contributed by atoms with E-state index in [9.17, 15) is 17.2 Å². The monoisotopic (exact) mass is 408 g/mol. The molecule has 0 radical (unpaired) electrons. The molecule has 4 nitrogen and oxygen atoms in total. The number of sulfonamides is 1. The largest absolute Gasteiger partial charge is 0.313 e. The van der Waals surface area contributed by atoms with Gasteiger partial charge in [-0.3, -0.25) is 0 Å². The van der Waals surface area contributed by atoms with Gasteiger partial charge >= 0.3 is 0 Å². The third-order valence-electron chi connectivity index (χ3n) is 3.91. The van der Waals surface area contributed by atoms with Crippen molar-refractivity contribution >= 4 is 34.0 Å². The van der Waals surface area contributed by atoms with E-state index < -0.39 is 32.6 Å². The number of nitrogens with one attached hydrogen (secondary N) is 1. The Hall–Kier alpha value is -1.25. The highest BCUT2D eigenvalue weighted by Crippen LogP contribution is 2.31. The zero-order valence-corrected chi connectivity index (χ0v) is 15.3. The van der Waals surface area contributed by atoms with Crippen molar-refractivity contribution in [3.8, 4) is 0 Å². The lowest BCUT2D eigenvalue weighted by Gasteiger charge is -2.35. The molecule has 136 valence electrons. The Labute approximate surface area is 156 Å². The SMILES string of the molecule is Cl.O=S(=O)(c1ccc(Cl)cc1F)N1CCNCC1c1cccc(F)c1. The van der Waals surface area contributed by atoms with E-state index in [0.717, 1.165) is 12.1 Å². The first-order valence-corrected chi connectivity index (χ1v) is 9.14. The lowest BCUT2D eigenvalue weighted by Crippen LogP contribution is -2.48. The second kappa shape index (κ2) is 7.97. The number of piperazine rings is 1. The van der Waals surface area contributed by atoms with Crippen molar-refractivity contribution in [2.75, 3.05) is 19.6 Å². The van der Waals surface area contributed by atoms with Gasteiger partial charge in [0.05, 0.1) is 6.04 Å². The van der Waals surface area contributed by atoms with Crippen molar-refractivity contribution in [2.45, 2.75) is 10.9 Å². The van der Waals surface area contributed by atoms with Gasteiger partial charge in [-0.15, -0.1) is 12.4 Å². The van der Waals surface area contributed by atoms with Gasteiger partial charge in [0.1, 0.15) is 16.5 Å². The van der Waals surface area contributed by atoms with Gasteiger partial charge < -0.3 is 5.32 Å². The summed E-state index contributed by atoms with van der Waals surface area (Å²) in [6, 6.07) is 8.58. The van der Waals surface area contributed by atoms with Crippen molar-refractivity contribution in [2.24, 2.45) is 0 Å². The van der Waals surface area contributed by atoms with Gasteiger partial charge in [-0.25, -0.2) is 17.2 Å². The number of rotatable bonds is 3. The van der Waals surface area contributed by atoms with Gasteiger partial charge in [0.15, 0.2) is 0 Å². The molecule has 1 saturated heterocycles. The van der Waals surface area contributed by atoms with Crippen LogP contribution < -0.4 is 5.32 Å². The molecule has 0 spiro atoms. The minimum absolute atomic E-state index is 0. The highest BCUT2D eigenvalue weighted by molar-refractivity contribution is 7.89. The fourth-order valence-corrected chi connectivity index (χ4v) is 4.60. The van der Waals surface area contributed by atoms with Crippen LogP contribution in [0.3, 0.4) is 0 Å². The maximum Gasteiger partial charge on any atom is 0.246 e. The van der Waals surface area contributed by atoms with E-state index >= 15 is 0 Å². The zero-order valence-electron chi connectivity index (χ0n) is 13.0. The molecule has 1 heterocycles. The molecule has 1 atom stereocenters. The van der Waals surface area contributed by atoms with Crippen LogP contribution in [0.1, 0.15) is 11.6 Å². The summed E-state index contributed by atoms with van der Waals surface area (Å²) in [6.07, 6.45) is 0. The standard InChI is InChI=1S/C16H15ClF2N2O2S.ClH/c17-12-4-5-16(14(19)9-12)24(22,23)21-7-6-20-10-15(21)11-2-1-3-13(18)8-11;/h1-5,8-9,15,20H,6-7,10H2;1H. The van der Waals surface area contributed by atoms with E-state index in [0.29, 0.717) is 18.7 Å². The summed E-state index contributed by atoms with van der Waals surface area (Å²) in [5.74, 6) is -1.35. The highest BCUT2D eigenvalue weighted by Gasteiger charge is 2.36. The highest BCUT2D eigenvalue weighted by atomic mass is 35.5. The fraction of sp³-hybridized carbons (Fsp3) is 0.250. The maximum absolute atomic E-state index is 14.1. The van der Waals surface area contributed by atoms with Crippen molar-refractivity contribution in [1.82, 2.24) is 9.62 Å². The molecule has 1 N–H and O–H groups in total. The normalized spacial score (nSPS) is 18.6. The zero-order chi connectivity index (χ0) is 17.3. The van der Waals surface area contributed by atoms with Crippen LogP contribution in [0, 0.1) is 11.6 Å². The average molecular weight is 409 g/mol. The van der Waals surface area contributed by atoms with Crippen LogP contribution in [0.2, 0.25) is 5.02 Å². The molecule has 0 saturated carbocycles. The van der Waals surface area contributed by atoms with Crippen molar-refractivity contribution < 1.29 is 17.2 Å². The topological polar surface area (TPSA) is 49.4 Å². The average Bonchev–Trinajstić information content (AvgIpc) is 2.54. The predicted octanol–water partition coefficient (Wildman–Crippen LogP) is 3.38. The molecule has 2 aromatic rings. The second-order valence-electron chi connectivity index (χ2n) is 5.47. The van der Waals surface area contributed by atoms with Gasteiger partial charge in [0.25, 0.3) is 0 Å². The summed E-state index contributed by atoms with van der Waals surface area (Å²) in [6.45, 7) is 0.906. The molecule has 0 aromatic heterocycles. The smallest absolute Gasteiger partial charge is 0.246 e. The predicted molar refractivity (Wildman–Crippen MR) is 94.6 cm³/mol. The van der Waals surface area contributed by atoms with Gasteiger partial charge in [-0.1, -0.05) is 23.7 Å². The minimum Gasteiger partial charge on any atom is -0.313 e. The summed E-state index contributed by atoms with van der Waals surface area (Å²) in [5.41, 5.74) is 0.514. The van der Waals surface area contributed by atoms with Crippen LogP contribution >= 0.6 is 24.0 Å². The molecule has 3 rings (SSSR count). The number of hydrogen-bond donors (Lipinski definition) is 1. The van der Waals surface area contributed by atoms with Gasteiger partial charge in [-0.2, -0.15) is 4.31 Å². The molecule has 1 aliphatic rings. The van der Waals surface area contributed by atoms with Crippen LogP contribution in [0.5, 0.6) is 0 Å². The Morgan fingerprint density at radius 3 is 2.60 bits per heavy atom. The van der Waals surface area contributed by atoms with E-state index in [-0.39, 0.29) is 24.0 Å². The lowest BCUT2D eigenvalue weighted by atomic mass is 10.1. The molecule has 0 amide bonds. The Kier molecular flexibility index (Phi) is 6.40. The minimum atomic E-state index is -4.08. The second-order valence-corrected chi connectivity index (χ2v) is 7.76. The molecule has 0 aliphatic carbocycles. The molecule has 9 heteroatoms. The van der Waals surface area contributed by atoms with Crippen LogP contribution in [0.25, 0.3) is 0 Å². The Morgan fingerprint density at radius 1 is 1.16 bits per heavy atom. The Morgan fingerprint density at radius 2 is 1.92 bits per heavy atom. The number of hydrogen-bond acceptors (Lipinski definition) is 3. The van der Waals surface area contributed by atoms with E-state index in [1.807, 2.05) is 0 Å². The summed E-state index contributed by atoms with van der Waals surface area (Å²) in [4.78, 5) is -0.435. The number of nitrogens with zero attached hydrogens (tertiary/aromatic N) is 1. The summed E-state index contributed by atoms with van der Waals surface area (Å²) >= 11 is 5.69. The molecule has 0 bridgehead atoms. The molecule has 1 unspecified atom stereocenters. The van der Waals surface area contributed by atoms with Crippen molar-refractivity contribution in [3.63, 3.8) is 0 Å². The third kappa shape index (κ3) is 4.12. The first-order chi connectivity index (χ1) is 11.4. The summed E-state index contributed by atoms with van der Waals surface area (Å²) in [7, 11) is -4.08. The first kappa shape index (κ1) is 20.1. The molecule has 1 fully saturated rings. The van der Waals surface area contributed by atoms with Crippen molar-refractivity contribution in [1.29, 1.82) is 0 Å². The van der Waals surface area contributed by atoms with Gasteiger partial charge in [0.2, 0.25) is 10.0 Å².